The monoisotopic (exact) mass is 345 g/mol. The summed E-state index contributed by atoms with van der Waals surface area (Å²) in [6.07, 6.45) is -0.769. The number of nitro benzene ring substituents is 1. The Kier molecular flexibility index (Phi) is 4.18. The SMILES string of the molecule is CC(=O)N1N=C(c2ccc(Cl)cc2)O[C@H]1c1ccc([N+](=O)[O-])cc1. The molecule has 24 heavy (non-hydrogen) atoms. The minimum atomic E-state index is -0.769. The highest BCUT2D eigenvalue weighted by molar-refractivity contribution is 6.30. The fraction of sp³-hybridized carbons (Fsp3) is 0.125. The summed E-state index contributed by atoms with van der Waals surface area (Å²) >= 11 is 5.86. The van der Waals surface area contributed by atoms with Gasteiger partial charge in [-0.05, 0) is 36.4 Å². The normalized spacial score (nSPS) is 16.5. The van der Waals surface area contributed by atoms with Gasteiger partial charge in [0, 0.05) is 35.2 Å². The average molecular weight is 346 g/mol. The molecule has 0 aliphatic carbocycles. The molecular formula is C16H12ClN3O4. The number of nitro groups is 1. The number of ether oxygens (including phenoxy) is 1. The molecule has 2 aromatic rings. The lowest BCUT2D eigenvalue weighted by Gasteiger charge is -2.19. The van der Waals surface area contributed by atoms with E-state index in [2.05, 4.69) is 5.10 Å². The van der Waals surface area contributed by atoms with Crippen LogP contribution in [0, 0.1) is 10.1 Å². The van der Waals surface area contributed by atoms with E-state index in [0.29, 0.717) is 16.1 Å². The Hall–Kier alpha value is -2.93. The van der Waals surface area contributed by atoms with E-state index in [4.69, 9.17) is 16.3 Å². The molecule has 1 aliphatic rings. The first-order chi connectivity index (χ1) is 11.5. The van der Waals surface area contributed by atoms with E-state index < -0.39 is 11.2 Å². The summed E-state index contributed by atoms with van der Waals surface area (Å²) in [5.41, 5.74) is 1.23. The fourth-order valence-electron chi connectivity index (χ4n) is 2.25. The number of hydrazone groups is 1. The van der Waals surface area contributed by atoms with Crippen molar-refractivity contribution < 1.29 is 14.5 Å². The molecule has 0 aromatic heterocycles. The van der Waals surface area contributed by atoms with Crippen LogP contribution < -0.4 is 0 Å². The fourth-order valence-corrected chi connectivity index (χ4v) is 2.38. The van der Waals surface area contributed by atoms with E-state index in [-0.39, 0.29) is 17.5 Å². The summed E-state index contributed by atoms with van der Waals surface area (Å²) in [5.74, 6) is -0.0208. The van der Waals surface area contributed by atoms with Crippen LogP contribution in [0.4, 0.5) is 5.69 Å². The van der Waals surface area contributed by atoms with Gasteiger partial charge in [-0.2, -0.15) is 5.01 Å². The molecule has 0 spiro atoms. The topological polar surface area (TPSA) is 85.0 Å². The van der Waals surface area contributed by atoms with Crippen molar-refractivity contribution in [2.45, 2.75) is 13.2 Å². The molecule has 3 rings (SSSR count). The number of benzene rings is 2. The summed E-state index contributed by atoms with van der Waals surface area (Å²) in [6, 6.07) is 12.7. The number of non-ortho nitro benzene ring substituents is 1. The zero-order valence-corrected chi connectivity index (χ0v) is 13.3. The Morgan fingerprint density at radius 1 is 1.21 bits per heavy atom. The molecule has 1 heterocycles. The first kappa shape index (κ1) is 15.9. The van der Waals surface area contributed by atoms with E-state index >= 15 is 0 Å². The molecule has 0 radical (unpaired) electrons. The lowest BCUT2D eigenvalue weighted by Crippen LogP contribution is -2.25. The molecule has 2 aromatic carbocycles. The first-order valence-corrected chi connectivity index (χ1v) is 7.39. The smallest absolute Gasteiger partial charge is 0.269 e. The summed E-state index contributed by atoms with van der Waals surface area (Å²) < 4.78 is 5.79. The second kappa shape index (κ2) is 6.29. The third kappa shape index (κ3) is 3.07. The van der Waals surface area contributed by atoms with Crippen LogP contribution in [0.1, 0.15) is 24.3 Å². The second-order valence-corrected chi connectivity index (χ2v) is 5.53. The zero-order chi connectivity index (χ0) is 17.3. The number of halogens is 1. The first-order valence-electron chi connectivity index (χ1n) is 7.01. The van der Waals surface area contributed by atoms with Gasteiger partial charge in [-0.25, -0.2) is 0 Å². The van der Waals surface area contributed by atoms with E-state index in [1.807, 2.05) is 0 Å². The van der Waals surface area contributed by atoms with Crippen LogP contribution in [0.2, 0.25) is 5.02 Å². The Morgan fingerprint density at radius 3 is 2.38 bits per heavy atom. The quantitative estimate of drug-likeness (QED) is 0.629. The standard InChI is InChI=1S/C16H12ClN3O4/c1-10(21)19-16(12-4-8-14(9-5-12)20(22)23)24-15(18-19)11-2-6-13(17)7-3-11/h2-9,16H,1H3/t16-/m0/s1. The van der Waals surface area contributed by atoms with Crippen LogP contribution in [0.25, 0.3) is 0 Å². The average Bonchev–Trinajstić information content (AvgIpc) is 3.01. The van der Waals surface area contributed by atoms with Crippen LogP contribution in [0.3, 0.4) is 0 Å². The molecule has 122 valence electrons. The number of hydrogen-bond donors (Lipinski definition) is 0. The van der Waals surface area contributed by atoms with Crippen LogP contribution in [0.15, 0.2) is 53.6 Å². The Balaban J connectivity index is 1.90. The number of carbonyl (C=O) groups is 1. The summed E-state index contributed by atoms with van der Waals surface area (Å²) in [5, 5.41) is 16.7. The van der Waals surface area contributed by atoms with Crippen LogP contribution in [0.5, 0.6) is 0 Å². The minimum absolute atomic E-state index is 0.0371. The molecule has 0 unspecified atom stereocenters. The lowest BCUT2D eigenvalue weighted by molar-refractivity contribution is -0.384. The van der Waals surface area contributed by atoms with E-state index in [0.717, 1.165) is 0 Å². The van der Waals surface area contributed by atoms with Gasteiger partial charge in [-0.15, -0.1) is 5.10 Å². The number of rotatable bonds is 3. The maximum absolute atomic E-state index is 11.8. The Bertz CT molecular complexity index is 818. The second-order valence-electron chi connectivity index (χ2n) is 5.09. The highest BCUT2D eigenvalue weighted by Gasteiger charge is 2.33. The molecule has 1 amide bonds. The third-order valence-corrected chi connectivity index (χ3v) is 3.70. The minimum Gasteiger partial charge on any atom is -0.446 e. The van der Waals surface area contributed by atoms with Gasteiger partial charge < -0.3 is 4.74 Å². The van der Waals surface area contributed by atoms with Crippen molar-refractivity contribution in [3.63, 3.8) is 0 Å². The summed E-state index contributed by atoms with van der Waals surface area (Å²) in [7, 11) is 0. The predicted octanol–water partition coefficient (Wildman–Crippen LogP) is 3.49. The number of hydrogen-bond acceptors (Lipinski definition) is 5. The van der Waals surface area contributed by atoms with Crippen LogP contribution in [-0.4, -0.2) is 21.7 Å². The molecule has 0 saturated heterocycles. The maximum Gasteiger partial charge on any atom is 0.269 e. The number of carbonyl (C=O) groups excluding carboxylic acids is 1. The van der Waals surface area contributed by atoms with Crippen LogP contribution >= 0.6 is 11.6 Å². The van der Waals surface area contributed by atoms with Gasteiger partial charge in [-0.3, -0.25) is 14.9 Å². The van der Waals surface area contributed by atoms with E-state index in [9.17, 15) is 14.9 Å². The van der Waals surface area contributed by atoms with Gasteiger partial charge in [0.2, 0.25) is 18.0 Å². The van der Waals surface area contributed by atoms with Crippen molar-refractivity contribution in [2.24, 2.45) is 5.10 Å². The molecule has 7 nitrogen and oxygen atoms in total. The number of amides is 1. The molecule has 1 aliphatic heterocycles. The van der Waals surface area contributed by atoms with Crippen molar-refractivity contribution in [1.29, 1.82) is 0 Å². The molecule has 1 atom stereocenters. The van der Waals surface area contributed by atoms with Crippen molar-refractivity contribution in [3.8, 4) is 0 Å². The Morgan fingerprint density at radius 2 is 1.83 bits per heavy atom. The molecular weight excluding hydrogens is 334 g/mol. The molecule has 0 bridgehead atoms. The van der Waals surface area contributed by atoms with Gasteiger partial charge in [0.25, 0.3) is 5.69 Å². The van der Waals surface area contributed by atoms with E-state index in [1.165, 1.54) is 24.1 Å². The van der Waals surface area contributed by atoms with Gasteiger partial charge in [-0.1, -0.05) is 11.6 Å². The van der Waals surface area contributed by atoms with E-state index in [1.54, 1.807) is 36.4 Å². The predicted molar refractivity (Wildman–Crippen MR) is 87.4 cm³/mol. The van der Waals surface area contributed by atoms with Gasteiger partial charge in [0.05, 0.1) is 4.92 Å². The lowest BCUT2D eigenvalue weighted by atomic mass is 10.1. The van der Waals surface area contributed by atoms with Gasteiger partial charge >= 0.3 is 0 Å². The van der Waals surface area contributed by atoms with Crippen LogP contribution in [-0.2, 0) is 9.53 Å². The third-order valence-electron chi connectivity index (χ3n) is 3.45. The van der Waals surface area contributed by atoms with Crippen molar-refractivity contribution >= 4 is 29.1 Å². The van der Waals surface area contributed by atoms with Crippen molar-refractivity contribution in [2.75, 3.05) is 0 Å². The molecule has 0 fully saturated rings. The molecule has 0 N–H and O–H groups in total. The van der Waals surface area contributed by atoms with Crippen molar-refractivity contribution in [3.05, 3.63) is 74.8 Å². The highest BCUT2D eigenvalue weighted by atomic mass is 35.5. The number of nitrogens with zero attached hydrogens (tertiary/aromatic N) is 3. The van der Waals surface area contributed by atoms with Gasteiger partial charge in [0.1, 0.15) is 0 Å². The summed E-state index contributed by atoms with van der Waals surface area (Å²) in [6.45, 7) is 1.37. The molecule has 8 heteroatoms. The van der Waals surface area contributed by atoms with Gasteiger partial charge in [0.15, 0.2) is 0 Å². The largest absolute Gasteiger partial charge is 0.446 e. The van der Waals surface area contributed by atoms with Crippen molar-refractivity contribution in [1.82, 2.24) is 5.01 Å². The Labute approximate surface area is 142 Å². The maximum atomic E-state index is 11.8. The summed E-state index contributed by atoms with van der Waals surface area (Å²) in [4.78, 5) is 22.1. The highest BCUT2D eigenvalue weighted by Crippen LogP contribution is 2.31. The zero-order valence-electron chi connectivity index (χ0n) is 12.5. The molecule has 0 saturated carbocycles.